The summed E-state index contributed by atoms with van der Waals surface area (Å²) in [5.41, 5.74) is 3.79. The lowest BCUT2D eigenvalue weighted by atomic mass is 9.85. The number of rotatable bonds is 8. The fourth-order valence-corrected chi connectivity index (χ4v) is 4.35. The lowest BCUT2D eigenvalue weighted by Gasteiger charge is -2.32. The summed E-state index contributed by atoms with van der Waals surface area (Å²) in [5, 5.41) is 14.8. The van der Waals surface area contributed by atoms with E-state index in [9.17, 15) is 19.5 Å². The van der Waals surface area contributed by atoms with Gasteiger partial charge in [-0.25, -0.2) is 9.59 Å². The lowest BCUT2D eigenvalue weighted by molar-refractivity contribution is -0.144. The smallest absolute Gasteiger partial charge is 0.407 e. The first kappa shape index (κ1) is 25.3. The van der Waals surface area contributed by atoms with E-state index in [0.717, 1.165) is 22.3 Å². The molecule has 3 rings (SSSR count). The van der Waals surface area contributed by atoms with Crippen molar-refractivity contribution in [3.05, 3.63) is 59.7 Å². The number of hydrogen-bond acceptors (Lipinski definition) is 4. The predicted molar refractivity (Wildman–Crippen MR) is 130 cm³/mol. The van der Waals surface area contributed by atoms with Gasteiger partial charge in [0.15, 0.2) is 0 Å². The minimum Gasteiger partial charge on any atom is -0.480 e. The van der Waals surface area contributed by atoms with Gasteiger partial charge in [0.25, 0.3) is 0 Å². The van der Waals surface area contributed by atoms with E-state index in [2.05, 4.69) is 22.8 Å². The number of alkyl carbamates (subject to hydrolysis) is 1. The summed E-state index contributed by atoms with van der Waals surface area (Å²) in [6.45, 7) is 9.18. The monoisotopic (exact) mass is 466 g/mol. The Morgan fingerprint density at radius 2 is 1.50 bits per heavy atom. The molecule has 7 heteroatoms. The van der Waals surface area contributed by atoms with Crippen molar-refractivity contribution in [2.24, 2.45) is 11.3 Å². The number of ether oxygens (including phenoxy) is 1. The molecule has 2 aromatic carbocycles. The van der Waals surface area contributed by atoms with Crippen molar-refractivity contribution in [3.63, 3.8) is 0 Å². The van der Waals surface area contributed by atoms with Crippen molar-refractivity contribution in [3.8, 4) is 11.1 Å². The minimum atomic E-state index is -1.10. The van der Waals surface area contributed by atoms with Gasteiger partial charge in [0.05, 0.1) is 0 Å². The summed E-state index contributed by atoms with van der Waals surface area (Å²) in [4.78, 5) is 37.4. The maximum atomic E-state index is 13.0. The zero-order chi connectivity index (χ0) is 25.0. The van der Waals surface area contributed by atoms with Gasteiger partial charge >= 0.3 is 12.1 Å². The molecule has 3 atom stereocenters. The average molecular weight is 467 g/mol. The molecule has 1 aliphatic carbocycles. The van der Waals surface area contributed by atoms with Crippen LogP contribution in [0.2, 0.25) is 0 Å². The van der Waals surface area contributed by atoms with Crippen molar-refractivity contribution >= 4 is 18.0 Å². The molecule has 182 valence electrons. The van der Waals surface area contributed by atoms with Crippen molar-refractivity contribution in [2.45, 2.75) is 59.0 Å². The number of amides is 2. The Hall–Kier alpha value is -3.35. The zero-order valence-electron chi connectivity index (χ0n) is 20.4. The SMILES string of the molecule is CCC(C)C(NC(=O)[C@H](NC(=O)OCC1c2ccccc2-c2ccccc21)C(C)(C)C)C(=O)O. The summed E-state index contributed by atoms with van der Waals surface area (Å²) < 4.78 is 5.59. The summed E-state index contributed by atoms with van der Waals surface area (Å²) in [7, 11) is 0. The summed E-state index contributed by atoms with van der Waals surface area (Å²) in [5.74, 6) is -2.00. The molecule has 0 saturated carbocycles. The fraction of sp³-hybridized carbons (Fsp3) is 0.444. The van der Waals surface area contributed by atoms with Crippen molar-refractivity contribution in [1.29, 1.82) is 0 Å². The highest BCUT2D eigenvalue weighted by Gasteiger charge is 2.37. The highest BCUT2D eigenvalue weighted by Crippen LogP contribution is 2.44. The van der Waals surface area contributed by atoms with Crippen LogP contribution in [0.4, 0.5) is 4.79 Å². The minimum absolute atomic E-state index is 0.0955. The van der Waals surface area contributed by atoms with Gasteiger partial charge in [-0.2, -0.15) is 0 Å². The molecule has 2 unspecified atom stereocenters. The Kier molecular flexibility index (Phi) is 7.64. The van der Waals surface area contributed by atoms with Gasteiger partial charge in [0, 0.05) is 5.92 Å². The molecular formula is C27H34N2O5. The van der Waals surface area contributed by atoms with Crippen LogP contribution in [0.15, 0.2) is 48.5 Å². The second kappa shape index (κ2) is 10.3. The Morgan fingerprint density at radius 3 is 1.97 bits per heavy atom. The Bertz CT molecular complexity index is 1010. The molecule has 0 fully saturated rings. The van der Waals surface area contributed by atoms with Gasteiger partial charge in [-0.3, -0.25) is 4.79 Å². The summed E-state index contributed by atoms with van der Waals surface area (Å²) >= 11 is 0. The average Bonchev–Trinajstić information content (AvgIpc) is 3.11. The molecule has 0 spiro atoms. The Labute approximate surface area is 200 Å². The third-order valence-electron chi connectivity index (χ3n) is 6.51. The third kappa shape index (κ3) is 5.41. The highest BCUT2D eigenvalue weighted by atomic mass is 16.5. The molecule has 0 heterocycles. The molecule has 34 heavy (non-hydrogen) atoms. The first-order chi connectivity index (χ1) is 16.0. The van der Waals surface area contributed by atoms with E-state index in [1.807, 2.05) is 43.3 Å². The van der Waals surface area contributed by atoms with Crippen LogP contribution >= 0.6 is 0 Å². The first-order valence-electron chi connectivity index (χ1n) is 11.7. The van der Waals surface area contributed by atoms with E-state index in [0.29, 0.717) is 6.42 Å². The van der Waals surface area contributed by atoms with Crippen LogP contribution in [0.25, 0.3) is 11.1 Å². The third-order valence-corrected chi connectivity index (χ3v) is 6.51. The van der Waals surface area contributed by atoms with Crippen LogP contribution in [-0.4, -0.2) is 41.8 Å². The van der Waals surface area contributed by atoms with Crippen molar-refractivity contribution in [1.82, 2.24) is 10.6 Å². The molecule has 7 nitrogen and oxygen atoms in total. The first-order valence-corrected chi connectivity index (χ1v) is 11.7. The molecule has 0 radical (unpaired) electrons. The molecule has 0 aliphatic heterocycles. The molecule has 0 saturated heterocycles. The van der Waals surface area contributed by atoms with Crippen molar-refractivity contribution < 1.29 is 24.2 Å². The molecular weight excluding hydrogens is 432 g/mol. The maximum Gasteiger partial charge on any atom is 0.407 e. The van der Waals surface area contributed by atoms with Crippen molar-refractivity contribution in [2.75, 3.05) is 6.61 Å². The van der Waals surface area contributed by atoms with Crippen LogP contribution in [0, 0.1) is 11.3 Å². The number of carbonyl (C=O) groups excluding carboxylic acids is 2. The second-order valence-electron chi connectivity index (χ2n) is 9.98. The maximum absolute atomic E-state index is 13.0. The summed E-state index contributed by atoms with van der Waals surface area (Å²) in [6, 6.07) is 14.1. The molecule has 0 bridgehead atoms. The molecule has 2 amide bonds. The number of benzene rings is 2. The van der Waals surface area contributed by atoms with Crippen LogP contribution in [0.1, 0.15) is 58.1 Å². The topological polar surface area (TPSA) is 105 Å². The molecule has 3 N–H and O–H groups in total. The number of carboxylic acids is 1. The van der Waals surface area contributed by atoms with Crippen LogP contribution in [0.5, 0.6) is 0 Å². The largest absolute Gasteiger partial charge is 0.480 e. The number of carbonyl (C=O) groups is 3. The lowest BCUT2D eigenvalue weighted by Crippen LogP contribution is -2.57. The van der Waals surface area contributed by atoms with Gasteiger partial charge < -0.3 is 20.5 Å². The Balaban J connectivity index is 1.70. The zero-order valence-corrected chi connectivity index (χ0v) is 20.4. The molecule has 0 aromatic heterocycles. The second-order valence-corrected chi connectivity index (χ2v) is 9.98. The van der Waals surface area contributed by atoms with Gasteiger partial charge in [0.1, 0.15) is 18.7 Å². The number of fused-ring (bicyclic) bond motifs is 3. The van der Waals surface area contributed by atoms with E-state index in [4.69, 9.17) is 4.74 Å². The van der Waals surface area contributed by atoms with Gasteiger partial charge in [-0.1, -0.05) is 89.6 Å². The number of nitrogens with one attached hydrogen (secondary N) is 2. The predicted octanol–water partition coefficient (Wildman–Crippen LogP) is 4.56. The number of hydrogen-bond donors (Lipinski definition) is 3. The van der Waals surface area contributed by atoms with E-state index in [-0.39, 0.29) is 18.4 Å². The van der Waals surface area contributed by atoms with E-state index < -0.39 is 35.5 Å². The van der Waals surface area contributed by atoms with Crippen LogP contribution < -0.4 is 10.6 Å². The van der Waals surface area contributed by atoms with Gasteiger partial charge in [-0.15, -0.1) is 0 Å². The molecule has 2 aromatic rings. The van der Waals surface area contributed by atoms with E-state index >= 15 is 0 Å². The van der Waals surface area contributed by atoms with Crippen LogP contribution in [-0.2, 0) is 14.3 Å². The standard InChI is InChI=1S/C27H34N2O5/c1-6-16(2)22(25(31)32)28-24(30)23(27(3,4)5)29-26(33)34-15-21-19-13-9-7-11-17(19)18-12-8-10-14-20(18)21/h7-14,16,21-23H,6,15H2,1-5H3,(H,28,30)(H,29,33)(H,31,32)/t16?,22?,23-/m0/s1. The van der Waals surface area contributed by atoms with E-state index in [1.54, 1.807) is 27.7 Å². The molecule has 1 aliphatic rings. The number of aliphatic carboxylic acids is 1. The van der Waals surface area contributed by atoms with Gasteiger partial charge in [-0.05, 0) is 33.6 Å². The number of carboxylic acid groups (broad SMARTS) is 1. The summed E-state index contributed by atoms with van der Waals surface area (Å²) in [6.07, 6.45) is -0.121. The fourth-order valence-electron chi connectivity index (χ4n) is 4.35. The van der Waals surface area contributed by atoms with Gasteiger partial charge in [0.2, 0.25) is 5.91 Å². The van der Waals surface area contributed by atoms with Crippen LogP contribution in [0.3, 0.4) is 0 Å². The highest BCUT2D eigenvalue weighted by molar-refractivity contribution is 5.90. The van der Waals surface area contributed by atoms with E-state index in [1.165, 1.54) is 0 Å². The quantitative estimate of drug-likeness (QED) is 0.529. The normalized spacial score (nSPS) is 15.4. The Morgan fingerprint density at radius 1 is 0.971 bits per heavy atom.